The standard InChI is InChI=1S/C16H23ClN4/c1-3-10-21-16(14(17)12-20-21)15(19-4-2)8-7-13-6-5-9-18-11-13/h5-6,9,11-12,15,19H,3-4,7-8,10H2,1-2H3. The zero-order valence-electron chi connectivity index (χ0n) is 12.7. The van der Waals surface area contributed by atoms with Gasteiger partial charge < -0.3 is 5.32 Å². The van der Waals surface area contributed by atoms with Crippen LogP contribution in [0.4, 0.5) is 0 Å². The number of aryl methyl sites for hydroxylation is 2. The molecule has 1 N–H and O–H groups in total. The predicted molar refractivity (Wildman–Crippen MR) is 86.5 cm³/mol. The van der Waals surface area contributed by atoms with E-state index < -0.39 is 0 Å². The summed E-state index contributed by atoms with van der Waals surface area (Å²) in [5.74, 6) is 0. The number of hydrogen-bond acceptors (Lipinski definition) is 3. The average molecular weight is 307 g/mol. The van der Waals surface area contributed by atoms with Crippen molar-refractivity contribution in [3.05, 3.63) is 47.0 Å². The van der Waals surface area contributed by atoms with E-state index >= 15 is 0 Å². The Labute approximate surface area is 131 Å². The van der Waals surface area contributed by atoms with Gasteiger partial charge in [-0.25, -0.2) is 0 Å². The van der Waals surface area contributed by atoms with E-state index in [4.69, 9.17) is 11.6 Å². The van der Waals surface area contributed by atoms with Crippen LogP contribution < -0.4 is 5.32 Å². The van der Waals surface area contributed by atoms with E-state index in [0.717, 1.165) is 43.1 Å². The molecular formula is C16H23ClN4. The van der Waals surface area contributed by atoms with E-state index in [1.807, 2.05) is 16.9 Å². The van der Waals surface area contributed by atoms with Crippen molar-refractivity contribution < 1.29 is 0 Å². The molecule has 2 heterocycles. The number of aromatic nitrogens is 3. The lowest BCUT2D eigenvalue weighted by Crippen LogP contribution is -2.25. The van der Waals surface area contributed by atoms with Crippen LogP contribution in [0.3, 0.4) is 0 Å². The third-order valence-electron chi connectivity index (χ3n) is 3.49. The van der Waals surface area contributed by atoms with Gasteiger partial charge in [0.15, 0.2) is 0 Å². The van der Waals surface area contributed by atoms with Gasteiger partial charge in [0, 0.05) is 18.9 Å². The van der Waals surface area contributed by atoms with Gasteiger partial charge in [0.05, 0.1) is 23.0 Å². The third kappa shape index (κ3) is 4.29. The average Bonchev–Trinajstić information content (AvgIpc) is 2.86. The minimum Gasteiger partial charge on any atom is -0.309 e. The normalized spacial score (nSPS) is 12.5. The number of nitrogens with zero attached hydrogens (tertiary/aromatic N) is 3. The lowest BCUT2D eigenvalue weighted by atomic mass is 10.0. The Bertz CT molecular complexity index is 538. The summed E-state index contributed by atoms with van der Waals surface area (Å²) < 4.78 is 2.03. The first-order valence-electron chi connectivity index (χ1n) is 7.59. The van der Waals surface area contributed by atoms with Gasteiger partial charge in [-0.15, -0.1) is 0 Å². The van der Waals surface area contributed by atoms with Gasteiger partial charge in [0.25, 0.3) is 0 Å². The molecule has 2 rings (SSSR count). The lowest BCUT2D eigenvalue weighted by Gasteiger charge is -2.20. The van der Waals surface area contributed by atoms with Crippen molar-refractivity contribution in [3.8, 4) is 0 Å². The fraction of sp³-hybridized carbons (Fsp3) is 0.500. The van der Waals surface area contributed by atoms with Crippen LogP contribution in [0.25, 0.3) is 0 Å². The van der Waals surface area contributed by atoms with E-state index in [2.05, 4.69) is 35.3 Å². The predicted octanol–water partition coefficient (Wildman–Crippen LogP) is 3.62. The van der Waals surface area contributed by atoms with Crippen molar-refractivity contribution in [3.63, 3.8) is 0 Å². The smallest absolute Gasteiger partial charge is 0.0834 e. The molecule has 0 saturated heterocycles. The Hall–Kier alpha value is -1.39. The second kappa shape index (κ2) is 8.15. The number of rotatable bonds is 8. The zero-order valence-corrected chi connectivity index (χ0v) is 13.5. The first-order chi connectivity index (χ1) is 10.3. The minimum atomic E-state index is 0.219. The molecule has 0 radical (unpaired) electrons. The van der Waals surface area contributed by atoms with Crippen LogP contribution in [0.15, 0.2) is 30.7 Å². The minimum absolute atomic E-state index is 0.219. The summed E-state index contributed by atoms with van der Waals surface area (Å²) in [5, 5.41) is 8.68. The van der Waals surface area contributed by atoms with E-state index in [1.54, 1.807) is 12.4 Å². The van der Waals surface area contributed by atoms with Gasteiger partial charge in [-0.3, -0.25) is 9.67 Å². The number of hydrogen-bond donors (Lipinski definition) is 1. The summed E-state index contributed by atoms with van der Waals surface area (Å²) >= 11 is 6.36. The second-order valence-electron chi connectivity index (χ2n) is 5.11. The van der Waals surface area contributed by atoms with Gasteiger partial charge in [-0.05, 0) is 37.4 Å². The highest BCUT2D eigenvalue weighted by Crippen LogP contribution is 2.26. The fourth-order valence-electron chi connectivity index (χ4n) is 2.55. The van der Waals surface area contributed by atoms with Crippen molar-refractivity contribution in [1.82, 2.24) is 20.1 Å². The van der Waals surface area contributed by atoms with E-state index in [0.29, 0.717) is 0 Å². The van der Waals surface area contributed by atoms with Crippen LogP contribution in [0.5, 0.6) is 0 Å². The Morgan fingerprint density at radius 3 is 2.86 bits per heavy atom. The highest BCUT2D eigenvalue weighted by molar-refractivity contribution is 6.31. The Morgan fingerprint density at radius 1 is 1.33 bits per heavy atom. The van der Waals surface area contributed by atoms with Crippen LogP contribution in [0.2, 0.25) is 5.02 Å². The van der Waals surface area contributed by atoms with Crippen molar-refractivity contribution in [2.75, 3.05) is 6.54 Å². The molecule has 21 heavy (non-hydrogen) atoms. The molecule has 1 unspecified atom stereocenters. The molecule has 0 aliphatic heterocycles. The molecule has 114 valence electrons. The number of nitrogens with one attached hydrogen (secondary N) is 1. The van der Waals surface area contributed by atoms with Crippen LogP contribution in [0.1, 0.15) is 44.0 Å². The van der Waals surface area contributed by atoms with E-state index in [-0.39, 0.29) is 6.04 Å². The van der Waals surface area contributed by atoms with Crippen LogP contribution in [0, 0.1) is 0 Å². The SMILES string of the molecule is CCCn1ncc(Cl)c1C(CCc1cccnc1)NCC. The first kappa shape index (κ1) is 16.0. The zero-order chi connectivity index (χ0) is 15.1. The molecule has 0 spiro atoms. The lowest BCUT2D eigenvalue weighted by molar-refractivity contribution is 0.458. The quantitative estimate of drug-likeness (QED) is 0.810. The van der Waals surface area contributed by atoms with Gasteiger partial charge >= 0.3 is 0 Å². The maximum Gasteiger partial charge on any atom is 0.0834 e. The molecule has 0 aliphatic rings. The largest absolute Gasteiger partial charge is 0.309 e. The van der Waals surface area contributed by atoms with E-state index in [9.17, 15) is 0 Å². The maximum atomic E-state index is 6.36. The second-order valence-corrected chi connectivity index (χ2v) is 5.52. The van der Waals surface area contributed by atoms with Crippen LogP contribution in [-0.4, -0.2) is 21.3 Å². The van der Waals surface area contributed by atoms with Crippen molar-refractivity contribution in [1.29, 1.82) is 0 Å². The number of halogens is 1. The summed E-state index contributed by atoms with van der Waals surface area (Å²) in [6.45, 7) is 6.07. The third-order valence-corrected chi connectivity index (χ3v) is 3.78. The Kier molecular flexibility index (Phi) is 6.21. The molecule has 0 aromatic carbocycles. The van der Waals surface area contributed by atoms with Gasteiger partial charge in [0.2, 0.25) is 0 Å². The van der Waals surface area contributed by atoms with Gasteiger partial charge in [0.1, 0.15) is 0 Å². The van der Waals surface area contributed by atoms with Crippen molar-refractivity contribution >= 4 is 11.6 Å². The molecule has 0 fully saturated rings. The molecule has 2 aromatic heterocycles. The van der Waals surface area contributed by atoms with E-state index in [1.165, 1.54) is 5.56 Å². The molecular weight excluding hydrogens is 284 g/mol. The maximum absolute atomic E-state index is 6.36. The van der Waals surface area contributed by atoms with Gasteiger partial charge in [-0.1, -0.05) is 31.5 Å². The van der Waals surface area contributed by atoms with Crippen LogP contribution in [-0.2, 0) is 13.0 Å². The molecule has 0 amide bonds. The molecule has 1 atom stereocenters. The van der Waals surface area contributed by atoms with Crippen LogP contribution >= 0.6 is 11.6 Å². The molecule has 5 heteroatoms. The van der Waals surface area contributed by atoms with Gasteiger partial charge in [-0.2, -0.15) is 5.10 Å². The topological polar surface area (TPSA) is 42.7 Å². The molecule has 0 aliphatic carbocycles. The molecule has 2 aromatic rings. The first-order valence-corrected chi connectivity index (χ1v) is 7.97. The Balaban J connectivity index is 2.13. The highest BCUT2D eigenvalue weighted by atomic mass is 35.5. The van der Waals surface area contributed by atoms with Crippen molar-refractivity contribution in [2.45, 2.75) is 45.7 Å². The molecule has 0 bridgehead atoms. The monoisotopic (exact) mass is 306 g/mol. The molecule has 0 saturated carbocycles. The summed E-state index contributed by atoms with van der Waals surface area (Å²) in [6, 6.07) is 4.31. The molecule has 4 nitrogen and oxygen atoms in total. The summed E-state index contributed by atoms with van der Waals surface area (Å²) in [6.07, 6.45) is 8.48. The summed E-state index contributed by atoms with van der Waals surface area (Å²) in [5.41, 5.74) is 2.35. The summed E-state index contributed by atoms with van der Waals surface area (Å²) in [7, 11) is 0. The van der Waals surface area contributed by atoms with Crippen molar-refractivity contribution in [2.24, 2.45) is 0 Å². The number of pyridine rings is 1. The summed E-state index contributed by atoms with van der Waals surface area (Å²) in [4.78, 5) is 4.17. The fourth-order valence-corrected chi connectivity index (χ4v) is 2.82. The Morgan fingerprint density at radius 2 is 2.19 bits per heavy atom. The highest BCUT2D eigenvalue weighted by Gasteiger charge is 2.19.